The van der Waals surface area contributed by atoms with E-state index in [9.17, 15) is 0 Å². The van der Waals surface area contributed by atoms with Gasteiger partial charge >= 0.3 is 0 Å². The van der Waals surface area contributed by atoms with E-state index in [1.54, 1.807) is 19.5 Å². The average Bonchev–Trinajstić information content (AvgIpc) is 2.15. The van der Waals surface area contributed by atoms with Crippen LogP contribution in [0.25, 0.3) is 0 Å². The lowest BCUT2D eigenvalue weighted by Gasteiger charge is -1.98. The third kappa shape index (κ3) is 7.55. The summed E-state index contributed by atoms with van der Waals surface area (Å²) in [5.41, 5.74) is 0. The van der Waals surface area contributed by atoms with Crippen molar-refractivity contribution in [1.29, 1.82) is 0 Å². The predicted molar refractivity (Wildman–Crippen MR) is 58.9 cm³/mol. The lowest BCUT2D eigenvalue weighted by Crippen LogP contribution is -2.08. The maximum Gasteiger partial charge on any atom is 0.210 e. The van der Waals surface area contributed by atoms with Gasteiger partial charge in [0.1, 0.15) is 6.54 Å². The van der Waals surface area contributed by atoms with E-state index in [2.05, 4.69) is 13.2 Å². The van der Waals surface area contributed by atoms with Gasteiger partial charge in [-0.25, -0.2) is 4.58 Å². The van der Waals surface area contributed by atoms with Gasteiger partial charge in [0.25, 0.3) is 0 Å². The van der Waals surface area contributed by atoms with E-state index < -0.39 is 0 Å². The Labute approximate surface area is 86.0 Å². The van der Waals surface area contributed by atoms with Crippen LogP contribution in [-0.4, -0.2) is 36.2 Å². The van der Waals surface area contributed by atoms with Gasteiger partial charge in [-0.05, 0) is 19.4 Å². The molecule has 0 atom stereocenters. The van der Waals surface area contributed by atoms with Crippen LogP contribution in [0.5, 0.6) is 0 Å². The molecule has 0 bridgehead atoms. The van der Waals surface area contributed by atoms with Crippen molar-refractivity contribution in [3.63, 3.8) is 0 Å². The number of methoxy groups -OCH3 is 1. The molecule has 0 unspecified atom stereocenters. The van der Waals surface area contributed by atoms with Crippen molar-refractivity contribution >= 4 is 6.21 Å². The number of unbranched alkanes of at least 4 members (excludes halogenated alkanes) is 2. The minimum Gasteiger partial charge on any atom is -0.503 e. The Bertz CT molecular complexity index is 209. The monoisotopic (exact) mass is 198 g/mol. The molecular formula is C11H20NO2+. The molecule has 0 amide bonds. The first-order chi connectivity index (χ1) is 6.70. The normalized spacial score (nSPS) is 11.4. The molecule has 0 aromatic carbocycles. The lowest BCUT2D eigenvalue weighted by molar-refractivity contribution is -0.452. The fourth-order valence-corrected chi connectivity index (χ4v) is 1.12. The van der Waals surface area contributed by atoms with Gasteiger partial charge < -0.3 is 9.84 Å². The van der Waals surface area contributed by atoms with E-state index in [4.69, 9.17) is 9.84 Å². The van der Waals surface area contributed by atoms with Crippen LogP contribution < -0.4 is 0 Å². The quantitative estimate of drug-likeness (QED) is 0.280. The second-order valence-electron chi connectivity index (χ2n) is 3.09. The van der Waals surface area contributed by atoms with Crippen molar-refractivity contribution in [2.75, 3.05) is 20.3 Å². The number of hydrogen-bond acceptors (Lipinski definition) is 2. The van der Waals surface area contributed by atoms with Gasteiger partial charge in [0.2, 0.25) is 6.21 Å². The largest absolute Gasteiger partial charge is 0.503 e. The SMILES string of the molecule is C=C[N+](=CC(=C)O)CCCCCOC. The second kappa shape index (κ2) is 8.51. The molecular weight excluding hydrogens is 178 g/mol. The van der Waals surface area contributed by atoms with Crippen molar-refractivity contribution in [2.24, 2.45) is 0 Å². The van der Waals surface area contributed by atoms with Crippen molar-refractivity contribution in [3.8, 4) is 0 Å². The summed E-state index contributed by atoms with van der Waals surface area (Å²) in [4.78, 5) is 0. The number of nitrogens with zero attached hydrogens (tertiary/aromatic N) is 1. The molecule has 0 saturated carbocycles. The molecule has 0 aliphatic carbocycles. The van der Waals surface area contributed by atoms with E-state index in [-0.39, 0.29) is 5.76 Å². The number of aliphatic hydroxyl groups excluding tert-OH is 1. The molecule has 0 saturated heterocycles. The smallest absolute Gasteiger partial charge is 0.210 e. The molecule has 0 aromatic rings. The molecule has 3 nitrogen and oxygen atoms in total. The molecule has 0 aliphatic heterocycles. The van der Waals surface area contributed by atoms with Gasteiger partial charge in [-0.15, -0.1) is 0 Å². The number of hydrogen-bond donors (Lipinski definition) is 1. The molecule has 0 radical (unpaired) electrons. The zero-order valence-electron chi connectivity index (χ0n) is 8.91. The molecule has 0 fully saturated rings. The van der Waals surface area contributed by atoms with Crippen LogP contribution >= 0.6 is 0 Å². The van der Waals surface area contributed by atoms with Crippen LogP contribution in [0.2, 0.25) is 0 Å². The molecule has 3 heteroatoms. The number of rotatable bonds is 8. The number of allylic oxidation sites excluding steroid dienone is 1. The first kappa shape index (κ1) is 12.9. The maximum absolute atomic E-state index is 8.94. The Kier molecular flexibility index (Phi) is 7.84. The first-order valence-corrected chi connectivity index (χ1v) is 4.80. The standard InChI is InChI=1S/C11H19NO2/c1-4-12(10-11(2)13)8-6-5-7-9-14-3/h4,10H,1-2,5-9H2,3H3/p+1. The Morgan fingerprint density at radius 2 is 2.14 bits per heavy atom. The van der Waals surface area contributed by atoms with Gasteiger partial charge in [0.05, 0.1) is 0 Å². The fourth-order valence-electron chi connectivity index (χ4n) is 1.12. The third-order valence-corrected chi connectivity index (χ3v) is 1.81. The maximum atomic E-state index is 8.94. The van der Waals surface area contributed by atoms with Crippen LogP contribution in [0.3, 0.4) is 0 Å². The minimum atomic E-state index is 0.0572. The van der Waals surface area contributed by atoms with Crippen molar-refractivity contribution < 1.29 is 14.4 Å². The van der Waals surface area contributed by atoms with Gasteiger partial charge in [0.15, 0.2) is 12.0 Å². The van der Waals surface area contributed by atoms with Crippen LogP contribution in [-0.2, 0) is 4.74 Å². The van der Waals surface area contributed by atoms with E-state index >= 15 is 0 Å². The fraction of sp³-hybridized carbons (Fsp3) is 0.545. The number of ether oxygens (including phenoxy) is 1. The molecule has 14 heavy (non-hydrogen) atoms. The van der Waals surface area contributed by atoms with Crippen molar-refractivity contribution in [2.45, 2.75) is 19.3 Å². The molecule has 0 heterocycles. The molecule has 80 valence electrons. The summed E-state index contributed by atoms with van der Waals surface area (Å²) in [6, 6.07) is 0. The summed E-state index contributed by atoms with van der Waals surface area (Å²) < 4.78 is 6.77. The Hall–Kier alpha value is -1.09. The summed E-state index contributed by atoms with van der Waals surface area (Å²) in [6.07, 6.45) is 6.49. The Balaban J connectivity index is 3.63. The highest BCUT2D eigenvalue weighted by Gasteiger charge is 1.99. The molecule has 0 rings (SSSR count). The van der Waals surface area contributed by atoms with Gasteiger partial charge in [0, 0.05) is 20.1 Å². The highest BCUT2D eigenvalue weighted by atomic mass is 16.5. The summed E-state index contributed by atoms with van der Waals surface area (Å²) in [7, 11) is 1.71. The Morgan fingerprint density at radius 3 is 2.64 bits per heavy atom. The third-order valence-electron chi connectivity index (χ3n) is 1.81. The topological polar surface area (TPSA) is 32.5 Å². The van der Waals surface area contributed by atoms with Gasteiger partial charge in [-0.3, -0.25) is 0 Å². The van der Waals surface area contributed by atoms with Crippen LogP contribution in [0.4, 0.5) is 0 Å². The lowest BCUT2D eigenvalue weighted by atomic mass is 10.2. The summed E-state index contributed by atoms with van der Waals surface area (Å²) in [5, 5.41) is 8.94. The Morgan fingerprint density at radius 1 is 1.43 bits per heavy atom. The van der Waals surface area contributed by atoms with Crippen molar-refractivity contribution in [1.82, 2.24) is 0 Å². The second-order valence-corrected chi connectivity index (χ2v) is 3.09. The zero-order chi connectivity index (χ0) is 10.8. The summed E-state index contributed by atoms with van der Waals surface area (Å²) in [6.45, 7) is 8.70. The number of aliphatic hydroxyl groups is 1. The van der Waals surface area contributed by atoms with E-state index in [0.717, 1.165) is 32.4 Å². The van der Waals surface area contributed by atoms with Crippen LogP contribution in [0.15, 0.2) is 25.1 Å². The van der Waals surface area contributed by atoms with E-state index in [1.807, 2.05) is 4.58 Å². The highest BCUT2D eigenvalue weighted by Crippen LogP contribution is 1.96. The van der Waals surface area contributed by atoms with E-state index in [1.165, 1.54) is 0 Å². The first-order valence-electron chi connectivity index (χ1n) is 4.80. The average molecular weight is 198 g/mol. The molecule has 0 spiro atoms. The van der Waals surface area contributed by atoms with Crippen molar-refractivity contribution in [3.05, 3.63) is 25.1 Å². The predicted octanol–water partition coefficient (Wildman–Crippen LogP) is 2.10. The molecule has 0 aliphatic rings. The summed E-state index contributed by atoms with van der Waals surface area (Å²) in [5.74, 6) is 0.0572. The van der Waals surface area contributed by atoms with Crippen LogP contribution in [0, 0.1) is 0 Å². The highest BCUT2D eigenvalue weighted by molar-refractivity contribution is 5.69. The zero-order valence-corrected chi connectivity index (χ0v) is 8.91. The van der Waals surface area contributed by atoms with Gasteiger partial charge in [-0.1, -0.05) is 6.58 Å². The van der Waals surface area contributed by atoms with E-state index in [0.29, 0.717) is 0 Å². The molecule has 1 N–H and O–H groups in total. The van der Waals surface area contributed by atoms with Crippen LogP contribution in [0.1, 0.15) is 19.3 Å². The summed E-state index contributed by atoms with van der Waals surface area (Å²) >= 11 is 0. The minimum absolute atomic E-state index is 0.0572. The van der Waals surface area contributed by atoms with Gasteiger partial charge in [-0.2, -0.15) is 0 Å². The molecule has 0 aromatic heterocycles.